The van der Waals surface area contributed by atoms with E-state index in [-0.39, 0.29) is 56.9 Å². The molecule has 2 aliphatic carbocycles. The van der Waals surface area contributed by atoms with Crippen molar-refractivity contribution < 1.29 is 50.6 Å². The molecule has 57 heavy (non-hydrogen) atoms. The van der Waals surface area contributed by atoms with E-state index in [1.54, 1.807) is 25.1 Å². The molecule has 4 heterocycles. The molecule has 2 N–H and O–H groups in total. The fraction of sp³-hybridized carbons (Fsp3) is 0.634. The van der Waals surface area contributed by atoms with Crippen LogP contribution in [0.5, 0.6) is 11.5 Å². The van der Waals surface area contributed by atoms with Gasteiger partial charge in [0, 0.05) is 29.2 Å². The number of sulfonamides is 1. The highest BCUT2D eigenvalue weighted by molar-refractivity contribution is 7.91. The average molecular weight is 815 g/mol. The molecule has 1 spiro atoms. The number of nitrogens with zero attached hydrogens (tertiary/aromatic N) is 2. The van der Waals surface area contributed by atoms with Gasteiger partial charge in [0.05, 0.1) is 36.9 Å². The van der Waals surface area contributed by atoms with Crippen LogP contribution in [-0.4, -0.2) is 84.2 Å². The Labute approximate surface area is 331 Å². The van der Waals surface area contributed by atoms with Crippen LogP contribution < -0.4 is 19.5 Å². The number of pyridine rings is 1. The number of carbonyl (C=O) groups excluding carboxylic acids is 4. The number of rotatable bonds is 9. The summed E-state index contributed by atoms with van der Waals surface area (Å²) >= 11 is 0. The molecule has 5 aliphatic rings. The van der Waals surface area contributed by atoms with E-state index in [0.29, 0.717) is 54.3 Å². The number of esters is 1. The second kappa shape index (κ2) is 15.4. The summed E-state index contributed by atoms with van der Waals surface area (Å²) in [4.78, 5) is 62.1. The first-order valence-electron chi connectivity index (χ1n) is 20.0. The Morgan fingerprint density at radius 3 is 2.60 bits per heavy atom. The van der Waals surface area contributed by atoms with Crippen LogP contribution in [-0.2, 0) is 40.4 Å². The molecule has 2 aromatic rings. The zero-order valence-corrected chi connectivity index (χ0v) is 33.7. The van der Waals surface area contributed by atoms with Crippen LogP contribution in [0.3, 0.4) is 0 Å². The number of methoxy groups -OCH3 is 1. The summed E-state index contributed by atoms with van der Waals surface area (Å²) in [6.07, 6.45) is 5.05. The lowest BCUT2D eigenvalue weighted by Gasteiger charge is -2.37. The van der Waals surface area contributed by atoms with Crippen LogP contribution in [0.25, 0.3) is 10.9 Å². The van der Waals surface area contributed by atoms with Gasteiger partial charge >= 0.3 is 5.97 Å². The Bertz CT molecular complexity index is 2090. The highest BCUT2D eigenvalue weighted by Crippen LogP contribution is 2.50. The number of fused-ring (bicyclic) bond motifs is 5. The first kappa shape index (κ1) is 40.8. The molecule has 0 bridgehead atoms. The Morgan fingerprint density at radius 2 is 1.89 bits per heavy atom. The second-order valence-electron chi connectivity index (χ2n) is 17.2. The van der Waals surface area contributed by atoms with Crippen molar-refractivity contribution in [3.8, 4) is 11.5 Å². The third-order valence-electron chi connectivity index (χ3n) is 12.3. The maximum atomic E-state index is 14.8. The topological polar surface area (TPSA) is 170 Å². The van der Waals surface area contributed by atoms with E-state index in [1.165, 1.54) is 12.0 Å². The number of carbonyl (C=O) groups is 4. The molecule has 310 valence electrons. The summed E-state index contributed by atoms with van der Waals surface area (Å²) in [6.45, 7) is 5.39. The largest absolute Gasteiger partial charge is 0.497 e. The maximum absolute atomic E-state index is 14.8. The van der Waals surface area contributed by atoms with Crippen LogP contribution in [0.2, 0.25) is 0 Å². The van der Waals surface area contributed by atoms with E-state index < -0.39 is 79.6 Å². The van der Waals surface area contributed by atoms with Crippen molar-refractivity contribution in [3.63, 3.8) is 0 Å². The SMILES string of the molecule is COc1ccc2nc(C(F)F)c3c(c2c1)CC[C@]1(C[C@H]2C(=O)N[C@]4(C(=O)NS(=O)(=O)C5(C)CC5)C[C@H]4/C=C\CCCCC[C@H](CC(=O)OCC(C)C)C(=O)N2C1)O3. The van der Waals surface area contributed by atoms with Crippen LogP contribution >= 0.6 is 0 Å². The van der Waals surface area contributed by atoms with Crippen molar-refractivity contribution in [1.29, 1.82) is 0 Å². The normalized spacial score (nSPS) is 29.0. The van der Waals surface area contributed by atoms with Gasteiger partial charge in [-0.2, -0.15) is 0 Å². The summed E-state index contributed by atoms with van der Waals surface area (Å²) < 4.78 is 74.4. The average Bonchev–Trinajstić information content (AvgIpc) is 4.06. The van der Waals surface area contributed by atoms with Crippen molar-refractivity contribution >= 4 is 44.6 Å². The van der Waals surface area contributed by atoms with Gasteiger partial charge in [0.1, 0.15) is 28.6 Å². The lowest BCUT2D eigenvalue weighted by atomic mass is 9.87. The Balaban J connectivity index is 1.25. The van der Waals surface area contributed by atoms with E-state index in [4.69, 9.17) is 14.2 Å². The minimum atomic E-state index is -4.05. The summed E-state index contributed by atoms with van der Waals surface area (Å²) in [6, 6.07) is 3.72. The number of allylic oxidation sites excluding steroid dienone is 1. The van der Waals surface area contributed by atoms with Crippen LogP contribution in [0.15, 0.2) is 30.4 Å². The van der Waals surface area contributed by atoms with Crippen LogP contribution in [0.1, 0.15) is 109 Å². The Kier molecular flexibility index (Phi) is 11.1. The standard InChI is InChI=1S/C41H52F2N4O9S/c1-24(2)22-55-32(48)18-25-10-8-6-5-7-9-11-26-20-41(26,38(51)46-57(52,53)39(3)16-17-39)45-36(49)31-21-40(23-47(31)37(25)50)15-14-28-29-19-27(54-4)12-13-30(29)44-33(35(42)43)34(28)56-40/h9,11-13,19,24-26,31,35H,5-8,10,14-18,20-23H2,1-4H3,(H,45,49)(H,46,51)/b11-9-/t25-,26-,31+,40-,41-/m1/s1. The molecule has 7 rings (SSSR count). The first-order valence-corrected chi connectivity index (χ1v) is 21.5. The molecule has 1 aromatic carbocycles. The van der Waals surface area contributed by atoms with Gasteiger partial charge in [-0.25, -0.2) is 22.2 Å². The minimum absolute atomic E-state index is 0.0761. The second-order valence-corrected chi connectivity index (χ2v) is 19.4. The number of amides is 3. The fourth-order valence-electron chi connectivity index (χ4n) is 8.46. The quantitative estimate of drug-likeness (QED) is 0.245. The minimum Gasteiger partial charge on any atom is -0.497 e. The summed E-state index contributed by atoms with van der Waals surface area (Å²) in [7, 11) is -2.55. The number of aromatic nitrogens is 1. The molecule has 2 saturated carbocycles. The number of alkyl halides is 2. The molecule has 3 amide bonds. The molecule has 13 nitrogen and oxygen atoms in total. The van der Waals surface area contributed by atoms with Gasteiger partial charge in [-0.3, -0.25) is 23.9 Å². The van der Waals surface area contributed by atoms with Crippen molar-refractivity contribution in [2.75, 3.05) is 20.3 Å². The van der Waals surface area contributed by atoms with Crippen molar-refractivity contribution in [2.24, 2.45) is 17.8 Å². The summed E-state index contributed by atoms with van der Waals surface area (Å²) in [5.74, 6) is -3.46. The third-order valence-corrected chi connectivity index (χ3v) is 14.5. The molecule has 5 atom stereocenters. The number of hydrogen-bond donors (Lipinski definition) is 2. The van der Waals surface area contributed by atoms with Gasteiger partial charge in [-0.05, 0) is 82.4 Å². The lowest BCUT2D eigenvalue weighted by Crippen LogP contribution is -2.57. The highest BCUT2D eigenvalue weighted by atomic mass is 32.2. The van der Waals surface area contributed by atoms with Gasteiger partial charge in [0.15, 0.2) is 5.75 Å². The van der Waals surface area contributed by atoms with Crippen molar-refractivity contribution in [2.45, 2.75) is 126 Å². The smallest absolute Gasteiger partial charge is 0.306 e. The predicted molar refractivity (Wildman–Crippen MR) is 205 cm³/mol. The van der Waals surface area contributed by atoms with Crippen LogP contribution in [0.4, 0.5) is 8.78 Å². The highest BCUT2D eigenvalue weighted by Gasteiger charge is 2.64. The Hall–Kier alpha value is -4.34. The number of benzene rings is 1. The van der Waals surface area contributed by atoms with E-state index in [9.17, 15) is 36.4 Å². The molecule has 1 saturated heterocycles. The van der Waals surface area contributed by atoms with E-state index in [1.807, 2.05) is 26.0 Å². The van der Waals surface area contributed by atoms with Gasteiger partial charge < -0.3 is 24.4 Å². The monoisotopic (exact) mass is 814 g/mol. The lowest BCUT2D eigenvalue weighted by molar-refractivity contribution is -0.151. The van der Waals surface area contributed by atoms with E-state index in [2.05, 4.69) is 15.0 Å². The van der Waals surface area contributed by atoms with E-state index >= 15 is 0 Å². The van der Waals surface area contributed by atoms with Gasteiger partial charge in [0.2, 0.25) is 21.8 Å². The molecular weight excluding hydrogens is 763 g/mol. The molecule has 0 unspecified atom stereocenters. The summed E-state index contributed by atoms with van der Waals surface area (Å²) in [5.41, 5.74) is -2.60. The van der Waals surface area contributed by atoms with Crippen molar-refractivity contribution in [3.05, 3.63) is 41.6 Å². The third kappa shape index (κ3) is 8.07. The van der Waals surface area contributed by atoms with Gasteiger partial charge in [0.25, 0.3) is 12.3 Å². The number of ether oxygens (including phenoxy) is 3. The zero-order valence-electron chi connectivity index (χ0n) is 32.9. The predicted octanol–water partition coefficient (Wildman–Crippen LogP) is 5.44. The number of aryl methyl sites for hydroxylation is 1. The molecule has 16 heteroatoms. The molecular formula is C41H52F2N4O9S. The number of halogens is 2. The molecule has 3 aliphatic heterocycles. The van der Waals surface area contributed by atoms with E-state index in [0.717, 1.165) is 12.8 Å². The van der Waals surface area contributed by atoms with Crippen LogP contribution in [0, 0.1) is 17.8 Å². The first-order chi connectivity index (χ1) is 27.0. The van der Waals surface area contributed by atoms with Gasteiger partial charge in [-0.1, -0.05) is 38.8 Å². The molecule has 3 fully saturated rings. The fourth-order valence-corrected chi connectivity index (χ4v) is 9.77. The number of nitrogens with one attached hydrogen (secondary N) is 2. The summed E-state index contributed by atoms with van der Waals surface area (Å²) in [5, 5.41) is 3.45. The molecule has 0 radical (unpaired) electrons. The molecule has 1 aromatic heterocycles. The maximum Gasteiger partial charge on any atom is 0.306 e. The Morgan fingerprint density at radius 1 is 1.12 bits per heavy atom. The zero-order chi connectivity index (χ0) is 40.9. The number of hydrogen-bond acceptors (Lipinski definition) is 10. The van der Waals surface area contributed by atoms with Crippen molar-refractivity contribution in [1.82, 2.24) is 19.9 Å². The van der Waals surface area contributed by atoms with Gasteiger partial charge in [-0.15, -0.1) is 0 Å².